The van der Waals surface area contributed by atoms with Crippen LogP contribution < -0.4 is 16.4 Å². The summed E-state index contributed by atoms with van der Waals surface area (Å²) in [5.74, 6) is -1.03. The molecule has 0 saturated heterocycles. The van der Waals surface area contributed by atoms with E-state index in [0.29, 0.717) is 52.0 Å². The summed E-state index contributed by atoms with van der Waals surface area (Å²) in [6.07, 6.45) is -2.51. The zero-order chi connectivity index (χ0) is 31.6. The average molecular weight is 622 g/mol. The number of hydrogen-bond acceptors (Lipinski definition) is 6. The molecule has 44 heavy (non-hydrogen) atoms. The highest BCUT2D eigenvalue weighted by Crippen LogP contribution is 2.36. The van der Waals surface area contributed by atoms with Crippen LogP contribution in [0.1, 0.15) is 60.5 Å². The molecule has 1 aromatic heterocycles. The number of amides is 3. The molecule has 8 nitrogen and oxygen atoms in total. The van der Waals surface area contributed by atoms with Crippen molar-refractivity contribution in [2.24, 2.45) is 0 Å². The molecule has 0 saturated carbocycles. The molecule has 3 aromatic carbocycles. The summed E-state index contributed by atoms with van der Waals surface area (Å²) >= 11 is 1.33. The van der Waals surface area contributed by atoms with Gasteiger partial charge in [-0.3, -0.25) is 14.4 Å². The van der Waals surface area contributed by atoms with E-state index in [9.17, 15) is 27.6 Å². The van der Waals surface area contributed by atoms with Crippen LogP contribution in [0.5, 0.6) is 0 Å². The normalized spacial score (nSPS) is 13.7. The molecule has 0 aliphatic carbocycles. The summed E-state index contributed by atoms with van der Waals surface area (Å²) in [5.41, 5.74) is 7.58. The van der Waals surface area contributed by atoms with Crippen molar-refractivity contribution >= 4 is 51.7 Å². The molecular weight excluding hydrogens is 591 g/mol. The molecule has 0 spiro atoms. The second kappa shape index (κ2) is 12.5. The molecule has 0 bridgehead atoms. The van der Waals surface area contributed by atoms with Crippen LogP contribution >= 0.6 is 11.3 Å². The van der Waals surface area contributed by atoms with E-state index in [4.69, 9.17) is 11.1 Å². The van der Waals surface area contributed by atoms with Gasteiger partial charge in [-0.25, -0.2) is 0 Å². The Morgan fingerprint density at radius 3 is 2.55 bits per heavy atom. The minimum absolute atomic E-state index is 0.0534. The van der Waals surface area contributed by atoms with Crippen molar-refractivity contribution in [2.45, 2.75) is 45.1 Å². The highest BCUT2D eigenvalue weighted by atomic mass is 32.1. The molecule has 5 rings (SSSR count). The molecular formula is C32H30F3N5O3S. The molecule has 1 aliphatic heterocycles. The molecule has 228 valence electrons. The first kappa shape index (κ1) is 30.7. The summed E-state index contributed by atoms with van der Waals surface area (Å²) in [4.78, 5) is 42.4. The lowest BCUT2D eigenvalue weighted by atomic mass is 9.99. The highest BCUT2D eigenvalue weighted by Gasteiger charge is 2.33. The van der Waals surface area contributed by atoms with Gasteiger partial charge in [0.2, 0.25) is 5.91 Å². The molecule has 0 fully saturated rings. The lowest BCUT2D eigenvalue weighted by molar-refractivity contribution is -0.136. The number of thiophene rings is 1. The van der Waals surface area contributed by atoms with Crippen LogP contribution in [0.2, 0.25) is 0 Å². The van der Waals surface area contributed by atoms with Crippen LogP contribution in [-0.4, -0.2) is 41.4 Å². The van der Waals surface area contributed by atoms with Gasteiger partial charge in [-0.2, -0.15) is 13.2 Å². The quantitative estimate of drug-likeness (QED) is 0.153. The molecule has 12 heteroatoms. The summed E-state index contributed by atoms with van der Waals surface area (Å²) < 4.78 is 40.4. The second-order valence-electron chi connectivity index (χ2n) is 10.5. The molecule has 5 N–H and O–H groups in total. The monoisotopic (exact) mass is 621 g/mol. The van der Waals surface area contributed by atoms with Crippen molar-refractivity contribution < 1.29 is 27.6 Å². The number of carbonyl (C=O) groups excluding carboxylic acids is 3. The number of benzene rings is 3. The number of nitrogens with two attached hydrogens (primary N) is 1. The number of anilines is 1. The van der Waals surface area contributed by atoms with Gasteiger partial charge in [0.1, 0.15) is 6.04 Å². The van der Waals surface area contributed by atoms with Crippen LogP contribution in [0, 0.1) is 5.41 Å². The Morgan fingerprint density at radius 1 is 1.07 bits per heavy atom. The van der Waals surface area contributed by atoms with Crippen molar-refractivity contribution in [3.05, 3.63) is 98.2 Å². The number of alkyl halides is 3. The Hall–Kier alpha value is -4.71. The fraction of sp³-hybridized carbons (Fsp3) is 0.250. The fourth-order valence-electron chi connectivity index (χ4n) is 5.31. The number of hydrogen-bond donors (Lipinski definition) is 4. The van der Waals surface area contributed by atoms with Crippen LogP contribution in [-0.2, 0) is 30.5 Å². The largest absolute Gasteiger partial charge is 0.417 e. The van der Waals surface area contributed by atoms with E-state index in [1.165, 1.54) is 29.5 Å². The molecule has 2 heterocycles. The van der Waals surface area contributed by atoms with Gasteiger partial charge in [0.15, 0.2) is 0 Å². The summed E-state index contributed by atoms with van der Waals surface area (Å²) in [5, 5.41) is 13.6. The van der Waals surface area contributed by atoms with Gasteiger partial charge in [-0.05, 0) is 65.1 Å². The highest BCUT2D eigenvalue weighted by molar-refractivity contribution is 7.14. The van der Waals surface area contributed by atoms with E-state index in [1.807, 2.05) is 0 Å². The Kier molecular flexibility index (Phi) is 8.73. The molecule has 3 amide bonds. The third-order valence-corrected chi connectivity index (χ3v) is 8.91. The molecule has 1 atom stereocenters. The second-order valence-corrected chi connectivity index (χ2v) is 11.6. The van der Waals surface area contributed by atoms with Gasteiger partial charge in [-0.15, -0.1) is 11.3 Å². The van der Waals surface area contributed by atoms with Crippen molar-refractivity contribution in [3.8, 4) is 0 Å². The van der Waals surface area contributed by atoms with Crippen molar-refractivity contribution in [1.82, 2.24) is 15.5 Å². The number of nitrogen functional groups attached to an aromatic ring is 1. The van der Waals surface area contributed by atoms with Crippen molar-refractivity contribution in [2.75, 3.05) is 12.3 Å². The van der Waals surface area contributed by atoms with E-state index in [-0.39, 0.29) is 30.3 Å². The predicted octanol–water partition coefficient (Wildman–Crippen LogP) is 5.52. The number of carbonyl (C=O) groups is 3. The topological polar surface area (TPSA) is 128 Å². The Labute approximate surface area is 255 Å². The van der Waals surface area contributed by atoms with Gasteiger partial charge >= 0.3 is 6.18 Å². The zero-order valence-corrected chi connectivity index (χ0v) is 24.6. The average Bonchev–Trinajstić information content (AvgIpc) is 3.45. The van der Waals surface area contributed by atoms with Crippen molar-refractivity contribution in [3.63, 3.8) is 0 Å². The predicted molar refractivity (Wildman–Crippen MR) is 164 cm³/mol. The lowest BCUT2D eigenvalue weighted by Crippen LogP contribution is -2.49. The standard InChI is InChI=1S/C32H30F3N5O3S/c1-2-26(39-29(41)18-9-10-25(37)20(13-18)15-36)31(43)40-12-11-27-21(17-40)14-28(44-27)30(42)38-16-19-5-3-7-23-22(19)6-4-8-24(23)32(33,34)35/h3-10,13-15,26,36H,2,11-12,16-17,37H2,1H3,(H,38,42)(H,39,41)/t26-/m1/s1. The van der Waals surface area contributed by atoms with Crippen LogP contribution in [0.25, 0.3) is 10.8 Å². The van der Waals surface area contributed by atoms with Crippen LogP contribution in [0.4, 0.5) is 18.9 Å². The maximum Gasteiger partial charge on any atom is 0.417 e. The van der Waals surface area contributed by atoms with Gasteiger partial charge in [-0.1, -0.05) is 37.3 Å². The minimum Gasteiger partial charge on any atom is -0.398 e. The van der Waals surface area contributed by atoms with Gasteiger partial charge in [0, 0.05) is 47.5 Å². The van der Waals surface area contributed by atoms with E-state index < -0.39 is 23.7 Å². The van der Waals surface area contributed by atoms with E-state index in [1.54, 1.807) is 48.2 Å². The van der Waals surface area contributed by atoms with E-state index in [2.05, 4.69) is 10.6 Å². The third-order valence-electron chi connectivity index (χ3n) is 7.68. The third kappa shape index (κ3) is 6.30. The molecule has 0 unspecified atom stereocenters. The van der Waals surface area contributed by atoms with Gasteiger partial charge < -0.3 is 26.7 Å². The smallest absolute Gasteiger partial charge is 0.398 e. The van der Waals surface area contributed by atoms with Crippen LogP contribution in [0.3, 0.4) is 0 Å². The maximum atomic E-state index is 13.5. The maximum absolute atomic E-state index is 13.5. The number of halogens is 3. The first-order valence-electron chi connectivity index (χ1n) is 14.0. The molecule has 1 aliphatic rings. The number of nitrogens with zero attached hydrogens (tertiary/aromatic N) is 1. The summed E-state index contributed by atoms with van der Waals surface area (Å²) in [7, 11) is 0. The zero-order valence-electron chi connectivity index (χ0n) is 23.8. The molecule has 4 aromatic rings. The first-order chi connectivity index (χ1) is 21.0. The first-order valence-corrected chi connectivity index (χ1v) is 14.8. The fourth-order valence-corrected chi connectivity index (χ4v) is 6.39. The Bertz CT molecular complexity index is 1770. The van der Waals surface area contributed by atoms with Gasteiger partial charge in [0.25, 0.3) is 11.8 Å². The van der Waals surface area contributed by atoms with Crippen LogP contribution in [0.15, 0.2) is 60.7 Å². The Morgan fingerprint density at radius 2 is 1.82 bits per heavy atom. The number of nitrogens with one attached hydrogen (secondary N) is 3. The van der Waals surface area contributed by atoms with Crippen molar-refractivity contribution in [1.29, 1.82) is 5.41 Å². The lowest BCUT2D eigenvalue weighted by Gasteiger charge is -2.30. The van der Waals surface area contributed by atoms with E-state index in [0.717, 1.165) is 22.7 Å². The summed E-state index contributed by atoms with van der Waals surface area (Å²) in [6.45, 7) is 2.57. The van der Waals surface area contributed by atoms with E-state index >= 15 is 0 Å². The molecule has 0 radical (unpaired) electrons. The summed E-state index contributed by atoms with van der Waals surface area (Å²) in [6, 6.07) is 14.2. The number of fused-ring (bicyclic) bond motifs is 2. The Balaban J connectivity index is 1.24. The number of rotatable bonds is 8. The minimum atomic E-state index is -4.49. The SMILES string of the molecule is CC[C@@H](NC(=O)c1ccc(N)c(C=N)c1)C(=O)N1CCc2sc(C(=O)NCc3cccc4c(C(F)(F)F)cccc34)cc2C1. The van der Waals surface area contributed by atoms with Gasteiger partial charge in [0.05, 0.1) is 10.4 Å².